The van der Waals surface area contributed by atoms with E-state index in [1.807, 2.05) is 6.92 Å². The molecule has 0 aliphatic heterocycles. The van der Waals surface area contributed by atoms with Crippen LogP contribution in [0.4, 0.5) is 0 Å². The lowest BCUT2D eigenvalue weighted by Crippen LogP contribution is -2.27. The number of rotatable bonds is 2. The third kappa shape index (κ3) is 1.49. The molecule has 0 spiro atoms. The van der Waals surface area contributed by atoms with E-state index in [0.29, 0.717) is 0 Å². The first-order valence-corrected chi connectivity index (χ1v) is 7.16. The van der Waals surface area contributed by atoms with Crippen LogP contribution in [0, 0.1) is 11.7 Å². The van der Waals surface area contributed by atoms with Crippen LogP contribution in [0.1, 0.15) is 45.2 Å². The smallest absolute Gasteiger partial charge is 0.179 e. The lowest BCUT2D eigenvalue weighted by molar-refractivity contribution is 0.329. The number of hydrogen-bond donors (Lipinski definition) is 1. The third-order valence-corrected chi connectivity index (χ3v) is 4.55. The summed E-state index contributed by atoms with van der Waals surface area (Å²) in [6.07, 6.45) is 5.01. The molecular weight excluding hydrogens is 244 g/mol. The molecular formula is C13H20N4S. The minimum atomic E-state index is 0.161. The first-order chi connectivity index (χ1) is 8.57. The molecule has 18 heavy (non-hydrogen) atoms. The lowest BCUT2D eigenvalue weighted by atomic mass is 10.0. The molecule has 0 aromatic carbocycles. The molecule has 0 radical (unpaired) electrons. The normalized spacial score (nSPS) is 18.8. The van der Waals surface area contributed by atoms with Gasteiger partial charge in [0.25, 0.3) is 0 Å². The second-order valence-corrected chi connectivity index (χ2v) is 5.96. The Labute approximate surface area is 112 Å². The van der Waals surface area contributed by atoms with Crippen LogP contribution in [0.15, 0.2) is 0 Å². The molecule has 0 unspecified atom stereocenters. The van der Waals surface area contributed by atoms with E-state index in [2.05, 4.69) is 33.2 Å². The number of hydrogen-bond acceptors (Lipinski definition) is 2. The fraction of sp³-hybridized carbons (Fsp3) is 0.692. The number of aryl methyl sites for hydroxylation is 2. The van der Waals surface area contributed by atoms with Crippen molar-refractivity contribution in [2.24, 2.45) is 0 Å². The standard InChI is InChI=1S/C13H20N4S/c1-4-16-11-10(9(2)15-16)14-12(18)17(11)13(3)7-5-6-8-13/h4-8H2,1-3H3,(H,14,18). The first kappa shape index (κ1) is 12.0. The van der Waals surface area contributed by atoms with Crippen molar-refractivity contribution in [3.05, 3.63) is 10.5 Å². The van der Waals surface area contributed by atoms with Crippen LogP contribution in [0.3, 0.4) is 0 Å². The van der Waals surface area contributed by atoms with Gasteiger partial charge in [-0.2, -0.15) is 5.10 Å². The Balaban J connectivity index is 2.34. The molecule has 4 nitrogen and oxygen atoms in total. The van der Waals surface area contributed by atoms with Crippen molar-refractivity contribution in [1.29, 1.82) is 0 Å². The molecule has 0 saturated heterocycles. The van der Waals surface area contributed by atoms with Gasteiger partial charge in [0.05, 0.1) is 5.69 Å². The largest absolute Gasteiger partial charge is 0.328 e. The van der Waals surface area contributed by atoms with Crippen LogP contribution in [0.5, 0.6) is 0 Å². The highest BCUT2D eigenvalue weighted by Gasteiger charge is 2.34. The average Bonchev–Trinajstić information content (AvgIpc) is 2.97. The molecule has 0 bridgehead atoms. The van der Waals surface area contributed by atoms with Gasteiger partial charge >= 0.3 is 0 Å². The Hall–Kier alpha value is -1.10. The van der Waals surface area contributed by atoms with Crippen molar-refractivity contribution >= 4 is 23.4 Å². The van der Waals surface area contributed by atoms with E-state index in [-0.39, 0.29) is 5.54 Å². The number of imidazole rings is 1. The molecule has 5 heteroatoms. The van der Waals surface area contributed by atoms with Crippen molar-refractivity contribution in [2.75, 3.05) is 0 Å². The van der Waals surface area contributed by atoms with Crippen molar-refractivity contribution < 1.29 is 0 Å². The first-order valence-electron chi connectivity index (χ1n) is 6.75. The summed E-state index contributed by atoms with van der Waals surface area (Å²) < 4.78 is 5.23. The van der Waals surface area contributed by atoms with Gasteiger partial charge in [-0.15, -0.1) is 0 Å². The summed E-state index contributed by atoms with van der Waals surface area (Å²) >= 11 is 5.55. The maximum atomic E-state index is 5.55. The van der Waals surface area contributed by atoms with Crippen LogP contribution in [0.2, 0.25) is 0 Å². The Morgan fingerprint density at radius 3 is 2.67 bits per heavy atom. The lowest BCUT2D eigenvalue weighted by Gasteiger charge is -2.26. The third-order valence-electron chi connectivity index (χ3n) is 4.27. The van der Waals surface area contributed by atoms with Crippen LogP contribution < -0.4 is 0 Å². The average molecular weight is 264 g/mol. The number of H-pyrrole nitrogens is 1. The maximum absolute atomic E-state index is 5.55. The molecule has 1 N–H and O–H groups in total. The summed E-state index contributed by atoms with van der Waals surface area (Å²) in [6.45, 7) is 7.38. The predicted molar refractivity (Wildman–Crippen MR) is 75.4 cm³/mol. The van der Waals surface area contributed by atoms with Crippen molar-refractivity contribution in [2.45, 2.75) is 58.5 Å². The van der Waals surface area contributed by atoms with Gasteiger partial charge in [-0.05, 0) is 45.8 Å². The summed E-state index contributed by atoms with van der Waals surface area (Å²) in [7, 11) is 0. The molecule has 0 amide bonds. The van der Waals surface area contributed by atoms with Gasteiger partial charge in [0, 0.05) is 12.1 Å². The van der Waals surface area contributed by atoms with Crippen LogP contribution >= 0.6 is 12.2 Å². The summed E-state index contributed by atoms with van der Waals surface area (Å²) in [5, 5.41) is 4.59. The highest BCUT2D eigenvalue weighted by molar-refractivity contribution is 7.71. The summed E-state index contributed by atoms with van der Waals surface area (Å²) in [5.41, 5.74) is 3.48. The minimum Gasteiger partial charge on any atom is -0.328 e. The molecule has 1 saturated carbocycles. The molecule has 1 aliphatic rings. The number of aromatic amines is 1. The topological polar surface area (TPSA) is 38.5 Å². The summed E-state index contributed by atoms with van der Waals surface area (Å²) in [5.74, 6) is 0. The Bertz CT molecular complexity index is 640. The zero-order valence-electron chi connectivity index (χ0n) is 11.3. The van der Waals surface area contributed by atoms with E-state index in [1.165, 1.54) is 31.3 Å². The van der Waals surface area contributed by atoms with E-state index >= 15 is 0 Å². The van der Waals surface area contributed by atoms with Crippen LogP contribution in [0.25, 0.3) is 11.2 Å². The monoisotopic (exact) mass is 264 g/mol. The fourth-order valence-electron chi connectivity index (χ4n) is 3.28. The van der Waals surface area contributed by atoms with Gasteiger partial charge in [-0.25, -0.2) is 4.68 Å². The van der Waals surface area contributed by atoms with Gasteiger partial charge in [0.1, 0.15) is 5.52 Å². The highest BCUT2D eigenvalue weighted by atomic mass is 32.1. The van der Waals surface area contributed by atoms with Crippen LogP contribution in [-0.2, 0) is 12.1 Å². The minimum absolute atomic E-state index is 0.161. The van der Waals surface area contributed by atoms with Gasteiger partial charge in [-0.3, -0.25) is 4.57 Å². The Morgan fingerprint density at radius 2 is 2.06 bits per heavy atom. The van der Waals surface area contributed by atoms with E-state index in [9.17, 15) is 0 Å². The number of aromatic nitrogens is 4. The van der Waals surface area contributed by atoms with E-state index in [1.54, 1.807) is 0 Å². The molecule has 3 rings (SSSR count). The Morgan fingerprint density at radius 1 is 1.39 bits per heavy atom. The summed E-state index contributed by atoms with van der Waals surface area (Å²) in [6, 6.07) is 0. The van der Waals surface area contributed by atoms with E-state index in [4.69, 9.17) is 12.2 Å². The maximum Gasteiger partial charge on any atom is 0.179 e. The van der Waals surface area contributed by atoms with Crippen LogP contribution in [-0.4, -0.2) is 19.3 Å². The van der Waals surface area contributed by atoms with Gasteiger partial charge in [0.2, 0.25) is 0 Å². The number of nitrogens with zero attached hydrogens (tertiary/aromatic N) is 3. The van der Waals surface area contributed by atoms with Crippen molar-refractivity contribution in [3.63, 3.8) is 0 Å². The molecule has 1 fully saturated rings. The summed E-state index contributed by atoms with van der Waals surface area (Å²) in [4.78, 5) is 3.35. The second kappa shape index (κ2) is 3.95. The zero-order valence-corrected chi connectivity index (χ0v) is 12.1. The second-order valence-electron chi connectivity index (χ2n) is 5.57. The number of fused-ring (bicyclic) bond motifs is 1. The highest BCUT2D eigenvalue weighted by Crippen LogP contribution is 2.38. The van der Waals surface area contributed by atoms with E-state index < -0.39 is 0 Å². The fourth-order valence-corrected chi connectivity index (χ4v) is 3.69. The zero-order chi connectivity index (χ0) is 12.9. The molecule has 98 valence electrons. The molecule has 2 aromatic rings. The van der Waals surface area contributed by atoms with Crippen molar-refractivity contribution in [3.8, 4) is 0 Å². The number of nitrogens with one attached hydrogen (secondary N) is 1. The quantitative estimate of drug-likeness (QED) is 0.843. The SMILES string of the molecule is CCn1nc(C)c2[nH]c(=S)n(C3(C)CCCC3)c21. The van der Waals surface area contributed by atoms with Gasteiger partial charge in [-0.1, -0.05) is 12.8 Å². The molecule has 1 aliphatic carbocycles. The van der Waals surface area contributed by atoms with Gasteiger partial charge < -0.3 is 4.98 Å². The predicted octanol–water partition coefficient (Wildman–Crippen LogP) is 3.51. The molecule has 0 atom stereocenters. The Kier molecular flexibility index (Phi) is 2.62. The molecule has 2 heterocycles. The molecule has 2 aromatic heterocycles. The van der Waals surface area contributed by atoms with Crippen molar-refractivity contribution in [1.82, 2.24) is 19.3 Å². The van der Waals surface area contributed by atoms with E-state index in [0.717, 1.165) is 22.5 Å². The van der Waals surface area contributed by atoms with Gasteiger partial charge in [0.15, 0.2) is 10.4 Å².